The van der Waals surface area contributed by atoms with Crippen molar-refractivity contribution in [2.45, 2.75) is 23.2 Å². The Morgan fingerprint density at radius 3 is 2.96 bits per heavy atom. The van der Waals surface area contributed by atoms with Crippen LogP contribution >= 0.6 is 34.3 Å². The number of fused-ring (bicyclic) bond motifs is 1. The summed E-state index contributed by atoms with van der Waals surface area (Å²) in [4.78, 5) is 18.3. The zero-order chi connectivity index (χ0) is 18.3. The third-order valence-electron chi connectivity index (χ3n) is 4.13. The molecule has 0 bridgehead atoms. The molecule has 6 nitrogen and oxygen atoms in total. The van der Waals surface area contributed by atoms with Crippen molar-refractivity contribution in [3.63, 3.8) is 0 Å². The highest BCUT2D eigenvalue weighted by Crippen LogP contribution is 2.29. The van der Waals surface area contributed by atoms with E-state index in [0.29, 0.717) is 30.2 Å². The minimum Gasteiger partial charge on any atom is -0.337 e. The molecule has 3 aromatic rings. The fourth-order valence-electron chi connectivity index (χ4n) is 2.86. The molecule has 1 N–H and O–H groups in total. The summed E-state index contributed by atoms with van der Waals surface area (Å²) in [5.41, 5.74) is 1.58. The molecule has 1 aliphatic rings. The highest BCUT2D eigenvalue weighted by Gasteiger charge is 2.35. The van der Waals surface area contributed by atoms with E-state index >= 15 is 0 Å². The third-order valence-corrected chi connectivity index (χ3v) is 8.11. The summed E-state index contributed by atoms with van der Waals surface area (Å²) in [7, 11) is -3.80. The van der Waals surface area contributed by atoms with Gasteiger partial charge in [-0.3, -0.25) is 4.79 Å². The van der Waals surface area contributed by atoms with Gasteiger partial charge in [0.1, 0.15) is 15.4 Å². The van der Waals surface area contributed by atoms with E-state index in [0.717, 1.165) is 21.6 Å². The molecule has 0 unspecified atom stereocenters. The second-order valence-corrected chi connectivity index (χ2v) is 10.1. The number of likely N-dealkylation sites (tertiary alicyclic amines) is 1. The summed E-state index contributed by atoms with van der Waals surface area (Å²) in [6.07, 6.45) is 0.456. The van der Waals surface area contributed by atoms with Crippen LogP contribution in [0.2, 0.25) is 5.15 Å². The van der Waals surface area contributed by atoms with Crippen molar-refractivity contribution in [2.24, 2.45) is 0 Å². The molecule has 4 rings (SSSR count). The number of sulfonamides is 1. The van der Waals surface area contributed by atoms with Crippen LogP contribution in [0.3, 0.4) is 0 Å². The van der Waals surface area contributed by atoms with Crippen molar-refractivity contribution < 1.29 is 13.2 Å². The number of pyridine rings is 1. The minimum absolute atomic E-state index is 0.131. The first-order valence-electron chi connectivity index (χ1n) is 7.81. The zero-order valence-electron chi connectivity index (χ0n) is 13.4. The molecule has 10 heteroatoms. The molecule has 0 spiro atoms. The first-order chi connectivity index (χ1) is 12.4. The largest absolute Gasteiger partial charge is 0.337 e. The maximum atomic E-state index is 12.7. The van der Waals surface area contributed by atoms with Gasteiger partial charge in [0.15, 0.2) is 0 Å². The summed E-state index contributed by atoms with van der Waals surface area (Å²) in [6, 6.07) is 6.06. The van der Waals surface area contributed by atoms with E-state index < -0.39 is 16.1 Å². The molecule has 1 aliphatic heterocycles. The summed E-state index contributed by atoms with van der Waals surface area (Å²) in [5, 5.41) is 4.25. The predicted octanol–water partition coefficient (Wildman–Crippen LogP) is 3.09. The maximum absolute atomic E-state index is 12.7. The van der Waals surface area contributed by atoms with Gasteiger partial charge in [-0.15, -0.1) is 11.3 Å². The van der Waals surface area contributed by atoms with Crippen LogP contribution in [0.1, 0.15) is 12.0 Å². The van der Waals surface area contributed by atoms with E-state index in [9.17, 15) is 13.2 Å². The number of carbonyl (C=O) groups is 1. The Morgan fingerprint density at radius 1 is 1.35 bits per heavy atom. The van der Waals surface area contributed by atoms with E-state index in [1.807, 2.05) is 16.8 Å². The lowest BCUT2D eigenvalue weighted by Gasteiger charge is -2.16. The lowest BCUT2D eigenvalue weighted by molar-refractivity contribution is -0.129. The van der Waals surface area contributed by atoms with Crippen molar-refractivity contribution in [2.75, 3.05) is 6.54 Å². The summed E-state index contributed by atoms with van der Waals surface area (Å²) in [6.45, 7) is 1.04. The SMILES string of the molecule is O=C1[C@@H](NS(=O)(=O)c2cc3nc(Cl)ccc3s2)CCN1Cc1ccsc1. The van der Waals surface area contributed by atoms with Crippen LogP contribution in [-0.2, 0) is 21.4 Å². The topological polar surface area (TPSA) is 79.4 Å². The third kappa shape index (κ3) is 3.49. The fraction of sp³-hybridized carbons (Fsp3) is 0.250. The van der Waals surface area contributed by atoms with Gasteiger partial charge in [0.2, 0.25) is 5.91 Å². The molecule has 136 valence electrons. The van der Waals surface area contributed by atoms with Crippen LogP contribution in [0, 0.1) is 0 Å². The number of hydrogen-bond donors (Lipinski definition) is 1. The normalized spacial score (nSPS) is 18.1. The highest BCUT2D eigenvalue weighted by molar-refractivity contribution is 7.91. The number of halogens is 1. The molecule has 1 saturated heterocycles. The van der Waals surface area contributed by atoms with Gasteiger partial charge < -0.3 is 4.90 Å². The van der Waals surface area contributed by atoms with Crippen LogP contribution in [0.25, 0.3) is 10.2 Å². The van der Waals surface area contributed by atoms with Gasteiger partial charge in [-0.1, -0.05) is 11.6 Å². The smallest absolute Gasteiger partial charge is 0.250 e. The lowest BCUT2D eigenvalue weighted by atomic mass is 10.3. The number of carbonyl (C=O) groups excluding carboxylic acids is 1. The second-order valence-electron chi connectivity index (χ2n) is 5.94. The van der Waals surface area contributed by atoms with Gasteiger partial charge in [-0.05, 0) is 47.0 Å². The van der Waals surface area contributed by atoms with Crippen molar-refractivity contribution in [3.05, 3.63) is 45.7 Å². The van der Waals surface area contributed by atoms with Gasteiger partial charge in [0, 0.05) is 13.1 Å². The maximum Gasteiger partial charge on any atom is 0.250 e. The van der Waals surface area contributed by atoms with E-state index in [-0.39, 0.29) is 10.1 Å². The molecule has 0 saturated carbocycles. The van der Waals surface area contributed by atoms with Gasteiger partial charge in [-0.25, -0.2) is 13.4 Å². The van der Waals surface area contributed by atoms with Gasteiger partial charge in [-0.2, -0.15) is 16.1 Å². The molecule has 0 radical (unpaired) electrons. The Labute approximate surface area is 163 Å². The molecular weight excluding hydrogens is 414 g/mol. The van der Waals surface area contributed by atoms with Crippen LogP contribution in [-0.4, -0.2) is 36.8 Å². The number of rotatable bonds is 5. The molecule has 1 fully saturated rings. The Morgan fingerprint density at radius 2 is 2.19 bits per heavy atom. The zero-order valence-corrected chi connectivity index (χ0v) is 16.6. The van der Waals surface area contributed by atoms with Crippen LogP contribution < -0.4 is 4.72 Å². The highest BCUT2D eigenvalue weighted by atomic mass is 35.5. The number of hydrogen-bond acceptors (Lipinski definition) is 6. The first kappa shape index (κ1) is 17.9. The molecule has 1 atom stereocenters. The molecule has 1 amide bonds. The van der Waals surface area contributed by atoms with Crippen molar-refractivity contribution in [1.82, 2.24) is 14.6 Å². The molecule has 3 aromatic heterocycles. The average Bonchev–Trinajstić information content (AvgIpc) is 3.31. The summed E-state index contributed by atoms with van der Waals surface area (Å²) >= 11 is 8.53. The van der Waals surface area contributed by atoms with Crippen LogP contribution in [0.15, 0.2) is 39.2 Å². The van der Waals surface area contributed by atoms with Crippen LogP contribution in [0.4, 0.5) is 0 Å². The number of nitrogens with zero attached hydrogens (tertiary/aromatic N) is 2. The lowest BCUT2D eigenvalue weighted by Crippen LogP contribution is -2.41. The molecule has 26 heavy (non-hydrogen) atoms. The monoisotopic (exact) mass is 427 g/mol. The molecule has 0 aromatic carbocycles. The summed E-state index contributed by atoms with van der Waals surface area (Å²) < 4.78 is 28.8. The van der Waals surface area contributed by atoms with E-state index in [4.69, 9.17) is 11.6 Å². The number of amides is 1. The van der Waals surface area contributed by atoms with Crippen LogP contribution in [0.5, 0.6) is 0 Å². The second kappa shape index (κ2) is 6.90. The quantitative estimate of drug-likeness (QED) is 0.634. The fourth-order valence-corrected chi connectivity index (χ4v) is 6.24. The van der Waals surface area contributed by atoms with Gasteiger partial charge >= 0.3 is 0 Å². The van der Waals surface area contributed by atoms with E-state index in [1.165, 1.54) is 6.07 Å². The van der Waals surface area contributed by atoms with E-state index in [2.05, 4.69) is 9.71 Å². The molecule has 0 aliphatic carbocycles. The Bertz CT molecular complexity index is 1060. The van der Waals surface area contributed by atoms with Gasteiger partial charge in [0.25, 0.3) is 10.0 Å². The van der Waals surface area contributed by atoms with Gasteiger partial charge in [0.05, 0.1) is 10.2 Å². The number of aromatic nitrogens is 1. The Hall–Kier alpha value is -1.52. The number of thiophene rings is 2. The van der Waals surface area contributed by atoms with Crippen molar-refractivity contribution >= 4 is 60.4 Å². The minimum atomic E-state index is -3.80. The standard InChI is InChI=1S/C16H14ClN3O3S3/c17-14-2-1-13-12(18-14)7-15(25-13)26(22,23)19-11-3-5-20(16(11)21)8-10-4-6-24-9-10/h1-2,4,6-7,9,11,19H,3,5,8H2/t11-/m0/s1. The molecular formula is C16H14ClN3O3S3. The number of nitrogens with one attached hydrogen (secondary N) is 1. The van der Waals surface area contributed by atoms with E-state index in [1.54, 1.807) is 28.4 Å². The van der Waals surface area contributed by atoms with Crippen molar-refractivity contribution in [3.8, 4) is 0 Å². The summed E-state index contributed by atoms with van der Waals surface area (Å²) in [5.74, 6) is -0.193. The predicted molar refractivity (Wildman–Crippen MR) is 103 cm³/mol. The first-order valence-corrected chi connectivity index (χ1v) is 11.4. The molecule has 4 heterocycles. The average molecular weight is 428 g/mol. The Kier molecular flexibility index (Phi) is 4.74. The Balaban J connectivity index is 1.51. The van der Waals surface area contributed by atoms with Crippen molar-refractivity contribution in [1.29, 1.82) is 0 Å².